The number of carbonyl (C=O) groups is 2. The third-order valence-corrected chi connectivity index (χ3v) is 4.59. The van der Waals surface area contributed by atoms with Gasteiger partial charge in [-0.15, -0.1) is 0 Å². The number of nitrogens with one attached hydrogen (secondary N) is 2. The Morgan fingerprint density at radius 1 is 1.00 bits per heavy atom. The van der Waals surface area contributed by atoms with Crippen LogP contribution in [0.4, 0.5) is 0 Å². The minimum absolute atomic E-state index is 0.129. The van der Waals surface area contributed by atoms with Gasteiger partial charge in [-0.25, -0.2) is 0 Å². The largest absolute Gasteiger partial charge is 0.493 e. The Morgan fingerprint density at radius 3 is 2.33 bits per heavy atom. The van der Waals surface area contributed by atoms with Crippen LogP contribution in [0.25, 0.3) is 0 Å². The van der Waals surface area contributed by atoms with Crippen molar-refractivity contribution < 1.29 is 28.5 Å². The van der Waals surface area contributed by atoms with Crippen LogP contribution >= 0.6 is 0 Å². The molecule has 2 aromatic carbocycles. The molecule has 0 bridgehead atoms. The molecule has 2 aromatic rings. The molecule has 0 aromatic heterocycles. The Bertz CT molecular complexity index is 862. The van der Waals surface area contributed by atoms with Crippen LogP contribution in [0.2, 0.25) is 0 Å². The lowest BCUT2D eigenvalue weighted by Gasteiger charge is -2.12. The fourth-order valence-corrected chi connectivity index (χ4v) is 3.01. The first-order chi connectivity index (χ1) is 14.6. The highest BCUT2D eigenvalue weighted by molar-refractivity contribution is 5.99. The zero-order chi connectivity index (χ0) is 21.3. The molecule has 1 heterocycles. The van der Waals surface area contributed by atoms with E-state index in [1.165, 1.54) is 7.11 Å². The van der Waals surface area contributed by atoms with Crippen LogP contribution in [-0.4, -0.2) is 44.8 Å². The van der Waals surface area contributed by atoms with Gasteiger partial charge in [-0.2, -0.15) is 0 Å². The van der Waals surface area contributed by atoms with Gasteiger partial charge in [-0.3, -0.25) is 20.4 Å². The molecule has 8 heteroatoms. The van der Waals surface area contributed by atoms with Crippen LogP contribution in [0.1, 0.15) is 40.5 Å². The highest BCUT2D eigenvalue weighted by atomic mass is 16.5. The van der Waals surface area contributed by atoms with E-state index in [2.05, 4.69) is 10.9 Å². The summed E-state index contributed by atoms with van der Waals surface area (Å²) >= 11 is 0. The second kappa shape index (κ2) is 10.5. The Balaban J connectivity index is 1.51. The van der Waals surface area contributed by atoms with Crippen LogP contribution < -0.4 is 25.1 Å². The molecule has 160 valence electrons. The number of carbonyl (C=O) groups excluding carboxylic acids is 2. The van der Waals surface area contributed by atoms with Crippen molar-refractivity contribution in [3.8, 4) is 17.2 Å². The van der Waals surface area contributed by atoms with Crippen LogP contribution in [-0.2, 0) is 4.74 Å². The van der Waals surface area contributed by atoms with E-state index >= 15 is 0 Å². The number of amides is 2. The van der Waals surface area contributed by atoms with E-state index in [1.807, 2.05) is 6.92 Å². The molecule has 3 rings (SSSR count). The molecule has 1 fully saturated rings. The van der Waals surface area contributed by atoms with Crippen LogP contribution in [0.3, 0.4) is 0 Å². The summed E-state index contributed by atoms with van der Waals surface area (Å²) in [4.78, 5) is 24.6. The Hall–Kier alpha value is -3.26. The lowest BCUT2D eigenvalue weighted by molar-refractivity contribution is 0.0679. The quantitative estimate of drug-likeness (QED) is 0.645. The van der Waals surface area contributed by atoms with E-state index in [1.54, 1.807) is 42.5 Å². The number of benzene rings is 2. The predicted octanol–water partition coefficient (Wildman–Crippen LogP) is 2.73. The standard InChI is InChI=1S/C22H26N2O6/c1-3-28-19-11-8-16(13-20(19)27-2)22(26)24-23-21(25)15-6-9-17(10-7-15)30-14-18-5-4-12-29-18/h6-11,13,18H,3-5,12,14H2,1-2H3,(H,23,25)(H,24,26)/t18-/m1/s1. The zero-order valence-electron chi connectivity index (χ0n) is 17.1. The maximum Gasteiger partial charge on any atom is 0.269 e. The molecular weight excluding hydrogens is 388 g/mol. The van der Waals surface area contributed by atoms with E-state index in [9.17, 15) is 9.59 Å². The van der Waals surface area contributed by atoms with Gasteiger partial charge >= 0.3 is 0 Å². The summed E-state index contributed by atoms with van der Waals surface area (Å²) in [5, 5.41) is 0. The minimum Gasteiger partial charge on any atom is -0.493 e. The Kier molecular flexibility index (Phi) is 7.51. The van der Waals surface area contributed by atoms with Gasteiger partial charge < -0.3 is 18.9 Å². The van der Waals surface area contributed by atoms with Crippen molar-refractivity contribution in [3.05, 3.63) is 53.6 Å². The molecule has 0 saturated carbocycles. The highest BCUT2D eigenvalue weighted by Crippen LogP contribution is 2.28. The zero-order valence-corrected chi connectivity index (χ0v) is 17.1. The van der Waals surface area contributed by atoms with E-state index < -0.39 is 11.8 Å². The van der Waals surface area contributed by atoms with Gasteiger partial charge in [0.2, 0.25) is 0 Å². The first kappa shape index (κ1) is 21.4. The number of rotatable bonds is 8. The van der Waals surface area contributed by atoms with Gasteiger partial charge in [0.1, 0.15) is 12.4 Å². The summed E-state index contributed by atoms with van der Waals surface area (Å²) < 4.78 is 21.9. The van der Waals surface area contributed by atoms with Gasteiger partial charge in [0.25, 0.3) is 11.8 Å². The molecule has 1 saturated heterocycles. The summed E-state index contributed by atoms with van der Waals surface area (Å²) in [5.74, 6) is 0.734. The van der Waals surface area contributed by atoms with Crippen molar-refractivity contribution in [2.24, 2.45) is 0 Å². The fourth-order valence-electron chi connectivity index (χ4n) is 3.01. The van der Waals surface area contributed by atoms with Crippen LogP contribution in [0.15, 0.2) is 42.5 Å². The van der Waals surface area contributed by atoms with Crippen molar-refractivity contribution in [2.45, 2.75) is 25.9 Å². The molecule has 0 aliphatic carbocycles. The molecule has 2 amide bonds. The maximum absolute atomic E-state index is 12.3. The average molecular weight is 414 g/mol. The van der Waals surface area contributed by atoms with Crippen LogP contribution in [0.5, 0.6) is 17.2 Å². The van der Waals surface area contributed by atoms with E-state index in [0.717, 1.165) is 19.4 Å². The normalized spacial score (nSPS) is 15.3. The summed E-state index contributed by atoms with van der Waals surface area (Å²) in [6.45, 7) is 3.61. The maximum atomic E-state index is 12.3. The minimum atomic E-state index is -0.471. The van der Waals surface area contributed by atoms with Gasteiger partial charge in [0, 0.05) is 17.7 Å². The average Bonchev–Trinajstić information content (AvgIpc) is 3.30. The smallest absolute Gasteiger partial charge is 0.269 e. The number of methoxy groups -OCH3 is 1. The van der Waals surface area contributed by atoms with Crippen molar-refractivity contribution >= 4 is 11.8 Å². The first-order valence-electron chi connectivity index (χ1n) is 9.86. The van der Waals surface area contributed by atoms with Gasteiger partial charge in [-0.05, 0) is 62.2 Å². The number of hydrazine groups is 1. The number of hydrogen-bond donors (Lipinski definition) is 2. The molecule has 30 heavy (non-hydrogen) atoms. The van der Waals surface area contributed by atoms with Gasteiger partial charge in [0.15, 0.2) is 11.5 Å². The van der Waals surface area contributed by atoms with Crippen molar-refractivity contribution in [1.82, 2.24) is 10.9 Å². The van der Waals surface area contributed by atoms with E-state index in [0.29, 0.717) is 41.6 Å². The molecule has 1 aliphatic rings. The summed E-state index contributed by atoms with van der Waals surface area (Å²) in [5.41, 5.74) is 5.51. The van der Waals surface area contributed by atoms with Gasteiger partial charge in [-0.1, -0.05) is 0 Å². The number of hydrogen-bond acceptors (Lipinski definition) is 6. The Morgan fingerprint density at radius 2 is 1.70 bits per heavy atom. The molecular formula is C22H26N2O6. The molecule has 0 unspecified atom stereocenters. The van der Waals surface area contributed by atoms with Crippen molar-refractivity contribution in [3.63, 3.8) is 0 Å². The second-order valence-electron chi connectivity index (χ2n) is 6.68. The van der Waals surface area contributed by atoms with Crippen molar-refractivity contribution in [2.75, 3.05) is 26.9 Å². The molecule has 0 radical (unpaired) electrons. The first-order valence-corrected chi connectivity index (χ1v) is 9.86. The summed E-state index contributed by atoms with van der Waals surface area (Å²) in [7, 11) is 1.50. The van der Waals surface area contributed by atoms with E-state index in [4.69, 9.17) is 18.9 Å². The molecule has 0 spiro atoms. The third-order valence-electron chi connectivity index (χ3n) is 4.59. The SMILES string of the molecule is CCOc1ccc(C(=O)NNC(=O)c2ccc(OC[C@H]3CCCO3)cc2)cc1OC. The molecule has 2 N–H and O–H groups in total. The van der Waals surface area contributed by atoms with E-state index in [-0.39, 0.29) is 6.10 Å². The fraction of sp³-hybridized carbons (Fsp3) is 0.364. The predicted molar refractivity (Wildman–Crippen MR) is 110 cm³/mol. The second-order valence-corrected chi connectivity index (χ2v) is 6.68. The molecule has 8 nitrogen and oxygen atoms in total. The molecule has 1 atom stereocenters. The van der Waals surface area contributed by atoms with Crippen LogP contribution in [0, 0.1) is 0 Å². The summed E-state index contributed by atoms with van der Waals surface area (Å²) in [6, 6.07) is 11.5. The topological polar surface area (TPSA) is 95.1 Å². The molecule has 1 aliphatic heterocycles. The van der Waals surface area contributed by atoms with Gasteiger partial charge in [0.05, 0.1) is 19.8 Å². The lowest BCUT2D eigenvalue weighted by Crippen LogP contribution is -2.41. The van der Waals surface area contributed by atoms with Crippen molar-refractivity contribution in [1.29, 1.82) is 0 Å². The third kappa shape index (κ3) is 5.64. The highest BCUT2D eigenvalue weighted by Gasteiger charge is 2.16. The lowest BCUT2D eigenvalue weighted by atomic mass is 10.2. The summed E-state index contributed by atoms with van der Waals surface area (Å²) in [6.07, 6.45) is 2.19. The Labute approximate surface area is 175 Å². The monoisotopic (exact) mass is 414 g/mol. The number of ether oxygens (including phenoxy) is 4.